The predicted octanol–water partition coefficient (Wildman–Crippen LogP) is 3.33. The molecule has 1 aromatic rings. The van der Waals surface area contributed by atoms with Crippen molar-refractivity contribution < 1.29 is 0 Å². The highest BCUT2D eigenvalue weighted by atomic mass is 15.0. The van der Waals surface area contributed by atoms with E-state index in [0.717, 1.165) is 12.6 Å². The van der Waals surface area contributed by atoms with Gasteiger partial charge in [0.25, 0.3) is 0 Å². The third-order valence-corrected chi connectivity index (χ3v) is 3.70. The van der Waals surface area contributed by atoms with Gasteiger partial charge in [0.15, 0.2) is 0 Å². The minimum atomic E-state index is 0.237. The number of nitrogens with one attached hydrogen (secondary N) is 1. The average molecular weight is 217 g/mol. The molecular weight excluding hydrogens is 194 g/mol. The maximum Gasteiger partial charge on any atom is 0.00685 e. The predicted molar refractivity (Wildman–Crippen MR) is 70.0 cm³/mol. The molecule has 0 unspecified atom stereocenters. The van der Waals surface area contributed by atoms with Gasteiger partial charge in [-0.3, -0.25) is 0 Å². The summed E-state index contributed by atoms with van der Waals surface area (Å²) < 4.78 is 0. The lowest BCUT2D eigenvalue weighted by Crippen LogP contribution is -2.34. The van der Waals surface area contributed by atoms with Crippen LogP contribution in [0.5, 0.6) is 0 Å². The van der Waals surface area contributed by atoms with Gasteiger partial charge in [-0.05, 0) is 43.4 Å². The number of hydrogen-bond acceptors (Lipinski definition) is 1. The lowest BCUT2D eigenvalue weighted by molar-refractivity contribution is 0.467. The molecular formula is C15H23N. The largest absolute Gasteiger partial charge is 0.313 e. The molecule has 0 aliphatic heterocycles. The van der Waals surface area contributed by atoms with E-state index in [9.17, 15) is 0 Å². The first kappa shape index (κ1) is 11.7. The maximum atomic E-state index is 3.63. The van der Waals surface area contributed by atoms with Gasteiger partial charge >= 0.3 is 0 Å². The second kappa shape index (κ2) is 4.21. The fourth-order valence-electron chi connectivity index (χ4n) is 1.95. The number of rotatable bonds is 4. The summed E-state index contributed by atoms with van der Waals surface area (Å²) in [5, 5.41) is 3.63. The van der Waals surface area contributed by atoms with E-state index in [4.69, 9.17) is 0 Å². The van der Waals surface area contributed by atoms with Crippen molar-refractivity contribution in [3.63, 3.8) is 0 Å². The van der Waals surface area contributed by atoms with Gasteiger partial charge in [-0.25, -0.2) is 0 Å². The van der Waals surface area contributed by atoms with Crippen LogP contribution in [0, 0.1) is 13.8 Å². The van der Waals surface area contributed by atoms with Crippen LogP contribution in [-0.4, -0.2) is 12.6 Å². The highest BCUT2D eigenvalue weighted by molar-refractivity contribution is 5.34. The summed E-state index contributed by atoms with van der Waals surface area (Å²) in [6, 6.07) is 7.65. The Bertz CT molecular complexity index is 375. The van der Waals surface area contributed by atoms with Crippen LogP contribution in [-0.2, 0) is 5.41 Å². The first-order valence-corrected chi connectivity index (χ1v) is 6.30. The molecule has 1 saturated carbocycles. The first-order valence-electron chi connectivity index (χ1n) is 6.30. The van der Waals surface area contributed by atoms with Crippen LogP contribution in [0.1, 0.15) is 43.4 Å². The van der Waals surface area contributed by atoms with E-state index in [-0.39, 0.29) is 5.41 Å². The second-order valence-electron chi connectivity index (χ2n) is 5.84. The van der Waals surface area contributed by atoms with E-state index in [1.54, 1.807) is 0 Å². The van der Waals surface area contributed by atoms with E-state index < -0.39 is 0 Å². The van der Waals surface area contributed by atoms with Crippen LogP contribution >= 0.6 is 0 Å². The van der Waals surface area contributed by atoms with Gasteiger partial charge < -0.3 is 5.32 Å². The van der Waals surface area contributed by atoms with Crippen molar-refractivity contribution in [2.45, 2.75) is 52.0 Å². The molecule has 1 heteroatoms. The summed E-state index contributed by atoms with van der Waals surface area (Å²) in [5.74, 6) is 0. The Morgan fingerprint density at radius 2 is 1.88 bits per heavy atom. The van der Waals surface area contributed by atoms with Crippen LogP contribution in [0.25, 0.3) is 0 Å². The van der Waals surface area contributed by atoms with Crippen molar-refractivity contribution >= 4 is 0 Å². The van der Waals surface area contributed by atoms with Crippen LogP contribution < -0.4 is 5.32 Å². The molecule has 0 radical (unpaired) electrons. The topological polar surface area (TPSA) is 12.0 Å². The summed E-state index contributed by atoms with van der Waals surface area (Å²) in [4.78, 5) is 0. The molecule has 0 aromatic heterocycles. The van der Waals surface area contributed by atoms with Gasteiger partial charge in [0, 0.05) is 18.0 Å². The molecule has 2 rings (SSSR count). The molecule has 1 aromatic carbocycles. The van der Waals surface area contributed by atoms with Crippen molar-refractivity contribution in [1.29, 1.82) is 0 Å². The van der Waals surface area contributed by atoms with Gasteiger partial charge in [0.1, 0.15) is 0 Å². The molecule has 0 saturated heterocycles. The van der Waals surface area contributed by atoms with Gasteiger partial charge in [0.05, 0.1) is 0 Å². The van der Waals surface area contributed by atoms with E-state index in [1.807, 2.05) is 0 Å². The zero-order valence-electron chi connectivity index (χ0n) is 10.9. The standard InChI is InChI=1S/C15H23N/c1-11-5-6-13(9-12(11)2)15(3,4)10-16-14-7-8-14/h5-6,9,14,16H,7-8,10H2,1-4H3. The van der Waals surface area contributed by atoms with E-state index in [1.165, 1.54) is 29.5 Å². The molecule has 1 fully saturated rings. The Kier molecular flexibility index (Phi) is 3.07. The minimum Gasteiger partial charge on any atom is -0.313 e. The summed E-state index contributed by atoms with van der Waals surface area (Å²) in [7, 11) is 0. The molecule has 16 heavy (non-hydrogen) atoms. The molecule has 1 aliphatic rings. The molecule has 88 valence electrons. The van der Waals surface area contributed by atoms with Gasteiger partial charge in [0.2, 0.25) is 0 Å². The van der Waals surface area contributed by atoms with Gasteiger partial charge in [-0.15, -0.1) is 0 Å². The maximum absolute atomic E-state index is 3.63. The lowest BCUT2D eigenvalue weighted by atomic mass is 9.83. The zero-order chi connectivity index (χ0) is 11.8. The van der Waals surface area contributed by atoms with Crippen molar-refractivity contribution in [2.24, 2.45) is 0 Å². The van der Waals surface area contributed by atoms with Crippen LogP contribution in [0.15, 0.2) is 18.2 Å². The SMILES string of the molecule is Cc1ccc(C(C)(C)CNC2CC2)cc1C. The Hall–Kier alpha value is -0.820. The van der Waals surface area contributed by atoms with E-state index in [2.05, 4.69) is 51.2 Å². The summed E-state index contributed by atoms with van der Waals surface area (Å²) in [6.45, 7) is 10.1. The third-order valence-electron chi connectivity index (χ3n) is 3.70. The normalized spacial score (nSPS) is 16.5. The van der Waals surface area contributed by atoms with Crippen LogP contribution in [0.4, 0.5) is 0 Å². The van der Waals surface area contributed by atoms with Gasteiger partial charge in [-0.1, -0.05) is 32.0 Å². The fraction of sp³-hybridized carbons (Fsp3) is 0.600. The first-order chi connectivity index (χ1) is 7.49. The summed E-state index contributed by atoms with van der Waals surface area (Å²) in [6.07, 6.45) is 2.73. The molecule has 1 N–H and O–H groups in total. The molecule has 0 spiro atoms. The van der Waals surface area contributed by atoms with E-state index in [0.29, 0.717) is 0 Å². The minimum absolute atomic E-state index is 0.237. The van der Waals surface area contributed by atoms with Gasteiger partial charge in [-0.2, -0.15) is 0 Å². The van der Waals surface area contributed by atoms with Crippen molar-refractivity contribution in [3.05, 3.63) is 34.9 Å². The van der Waals surface area contributed by atoms with Crippen molar-refractivity contribution in [2.75, 3.05) is 6.54 Å². The number of benzene rings is 1. The Morgan fingerprint density at radius 3 is 2.44 bits per heavy atom. The third kappa shape index (κ3) is 2.65. The Labute approximate surface area is 99.3 Å². The molecule has 1 nitrogen and oxygen atoms in total. The zero-order valence-corrected chi connectivity index (χ0v) is 10.9. The molecule has 0 heterocycles. The Morgan fingerprint density at radius 1 is 1.19 bits per heavy atom. The number of aryl methyl sites for hydroxylation is 2. The number of hydrogen-bond donors (Lipinski definition) is 1. The van der Waals surface area contributed by atoms with Crippen molar-refractivity contribution in [1.82, 2.24) is 5.32 Å². The quantitative estimate of drug-likeness (QED) is 0.815. The molecule has 1 aliphatic carbocycles. The summed E-state index contributed by atoms with van der Waals surface area (Å²) >= 11 is 0. The smallest absolute Gasteiger partial charge is 0.00685 e. The van der Waals surface area contributed by atoms with E-state index >= 15 is 0 Å². The lowest BCUT2D eigenvalue weighted by Gasteiger charge is -2.26. The Balaban J connectivity index is 2.09. The monoisotopic (exact) mass is 217 g/mol. The highest BCUT2D eigenvalue weighted by Gasteiger charge is 2.26. The molecule has 0 atom stereocenters. The highest BCUT2D eigenvalue weighted by Crippen LogP contribution is 2.26. The van der Waals surface area contributed by atoms with Crippen LogP contribution in [0.2, 0.25) is 0 Å². The van der Waals surface area contributed by atoms with Crippen molar-refractivity contribution in [3.8, 4) is 0 Å². The average Bonchev–Trinajstić information content (AvgIpc) is 3.03. The molecule has 0 bridgehead atoms. The van der Waals surface area contributed by atoms with Crippen LogP contribution in [0.3, 0.4) is 0 Å². The fourth-order valence-corrected chi connectivity index (χ4v) is 1.95. The molecule has 0 amide bonds. The second-order valence-corrected chi connectivity index (χ2v) is 5.84. The summed E-state index contributed by atoms with van der Waals surface area (Å²) in [5.41, 5.74) is 4.47.